The van der Waals surface area contributed by atoms with Crippen LogP contribution in [0.25, 0.3) is 6.08 Å². The highest BCUT2D eigenvalue weighted by Crippen LogP contribution is 2.40. The molecule has 2 aromatic carbocycles. The monoisotopic (exact) mass is 380 g/mol. The van der Waals surface area contributed by atoms with Crippen LogP contribution in [0, 0.1) is 0 Å². The van der Waals surface area contributed by atoms with E-state index >= 15 is 0 Å². The number of phenolic OH excluding ortho intramolecular Hbond substituents is 1. The van der Waals surface area contributed by atoms with Crippen molar-refractivity contribution < 1.29 is 19.5 Å². The van der Waals surface area contributed by atoms with E-state index in [1.54, 1.807) is 17.0 Å². The van der Waals surface area contributed by atoms with E-state index in [0.29, 0.717) is 30.0 Å². The number of benzene rings is 2. The highest BCUT2D eigenvalue weighted by molar-refractivity contribution is 8.18. The van der Waals surface area contributed by atoms with Gasteiger partial charge in [0, 0.05) is 6.42 Å². The van der Waals surface area contributed by atoms with Crippen LogP contribution in [0.15, 0.2) is 47.4 Å². The number of nitrogens with zero attached hydrogens (tertiary/aromatic N) is 1. The number of fused-ring (bicyclic) bond motifs is 1. The summed E-state index contributed by atoms with van der Waals surface area (Å²) in [4.78, 5) is 37.7. The van der Waals surface area contributed by atoms with Crippen molar-refractivity contribution in [2.45, 2.75) is 19.4 Å². The maximum Gasteiger partial charge on any atom is 0.290 e. The van der Waals surface area contributed by atoms with Gasteiger partial charge in [0.2, 0.25) is 5.91 Å². The van der Waals surface area contributed by atoms with Crippen molar-refractivity contribution in [3.8, 4) is 5.75 Å². The van der Waals surface area contributed by atoms with Crippen LogP contribution >= 0.6 is 11.8 Å². The van der Waals surface area contributed by atoms with E-state index in [0.717, 1.165) is 28.5 Å². The Morgan fingerprint density at radius 1 is 1.07 bits per heavy atom. The summed E-state index contributed by atoms with van der Waals surface area (Å²) in [5.74, 6) is -0.467. The summed E-state index contributed by atoms with van der Waals surface area (Å²) in [7, 11) is 0. The Bertz CT molecular complexity index is 985. The fourth-order valence-corrected chi connectivity index (χ4v) is 4.00. The summed E-state index contributed by atoms with van der Waals surface area (Å²) < 4.78 is 0. The summed E-state index contributed by atoms with van der Waals surface area (Å²) in [5, 5.41) is 12.3. The van der Waals surface area contributed by atoms with Gasteiger partial charge < -0.3 is 10.0 Å². The second kappa shape index (κ2) is 6.92. The van der Waals surface area contributed by atoms with E-state index < -0.39 is 11.1 Å². The Balaban J connectivity index is 1.77. The Hall–Kier alpha value is -3.06. The molecule has 6 nitrogen and oxygen atoms in total. The number of amides is 3. The molecule has 0 atom stereocenters. The van der Waals surface area contributed by atoms with Crippen LogP contribution in [-0.4, -0.2) is 22.2 Å². The third-order valence-electron chi connectivity index (χ3n) is 4.57. The van der Waals surface area contributed by atoms with E-state index in [2.05, 4.69) is 5.32 Å². The van der Waals surface area contributed by atoms with Gasteiger partial charge in [-0.3, -0.25) is 19.7 Å². The van der Waals surface area contributed by atoms with Crippen LogP contribution in [0.3, 0.4) is 0 Å². The Morgan fingerprint density at radius 2 is 1.85 bits per heavy atom. The van der Waals surface area contributed by atoms with Gasteiger partial charge in [-0.2, -0.15) is 0 Å². The highest BCUT2D eigenvalue weighted by atomic mass is 32.2. The van der Waals surface area contributed by atoms with Gasteiger partial charge in [0.15, 0.2) is 0 Å². The Kier molecular flexibility index (Phi) is 4.45. The van der Waals surface area contributed by atoms with Gasteiger partial charge in [-0.25, -0.2) is 0 Å². The van der Waals surface area contributed by atoms with Crippen molar-refractivity contribution in [2.75, 3.05) is 4.90 Å². The van der Waals surface area contributed by atoms with E-state index in [-0.39, 0.29) is 11.7 Å². The molecule has 2 aliphatic rings. The van der Waals surface area contributed by atoms with E-state index in [1.807, 2.05) is 30.3 Å². The first kappa shape index (κ1) is 17.4. The number of aromatic hydroxyl groups is 1. The van der Waals surface area contributed by atoms with Crippen LogP contribution < -0.4 is 10.2 Å². The molecule has 2 N–H and O–H groups in total. The molecule has 0 aromatic heterocycles. The number of hydrogen-bond donors (Lipinski definition) is 2. The molecule has 0 spiro atoms. The van der Waals surface area contributed by atoms with Gasteiger partial charge in [0.1, 0.15) is 5.75 Å². The number of imide groups is 1. The van der Waals surface area contributed by atoms with Crippen LogP contribution in [0.2, 0.25) is 0 Å². The third kappa shape index (κ3) is 3.33. The molecule has 1 fully saturated rings. The number of hydrogen-bond acceptors (Lipinski definition) is 5. The standard InChI is InChI=1S/C20H16N2O4S/c23-15-8-6-13(10-16-19(25)21-20(26)27-16)14-7-9-17(24)22(18(14)15)11-12-4-2-1-3-5-12/h1-6,8,10,23H,7,9,11H2,(H,21,25,26). The van der Waals surface area contributed by atoms with Gasteiger partial charge in [-0.15, -0.1) is 0 Å². The molecular weight excluding hydrogens is 364 g/mol. The second-order valence-corrected chi connectivity index (χ2v) is 7.33. The molecule has 0 aliphatic carbocycles. The highest BCUT2D eigenvalue weighted by Gasteiger charge is 2.30. The SMILES string of the molecule is O=C1NC(=O)C(=Cc2ccc(O)c3c2CCC(=O)N3Cc2ccccc2)S1. The molecule has 136 valence electrons. The lowest BCUT2D eigenvalue weighted by molar-refractivity contribution is -0.119. The fourth-order valence-electron chi connectivity index (χ4n) is 3.33. The molecule has 7 heteroatoms. The number of anilines is 1. The molecule has 27 heavy (non-hydrogen) atoms. The molecule has 2 aromatic rings. The minimum Gasteiger partial charge on any atom is -0.506 e. The molecule has 0 bridgehead atoms. The van der Waals surface area contributed by atoms with Gasteiger partial charge in [-0.05, 0) is 47.0 Å². The minimum absolute atomic E-state index is 0.0238. The summed E-state index contributed by atoms with van der Waals surface area (Å²) in [6, 6.07) is 12.8. The molecule has 0 radical (unpaired) electrons. The topological polar surface area (TPSA) is 86.7 Å². The maximum absolute atomic E-state index is 12.6. The predicted molar refractivity (Wildman–Crippen MR) is 103 cm³/mol. The molecule has 1 saturated heterocycles. The lowest BCUT2D eigenvalue weighted by Gasteiger charge is -2.31. The molecule has 3 amide bonds. The van der Waals surface area contributed by atoms with Crippen molar-refractivity contribution in [2.24, 2.45) is 0 Å². The lowest BCUT2D eigenvalue weighted by atomic mass is 9.94. The van der Waals surface area contributed by atoms with Crippen LogP contribution in [0.4, 0.5) is 10.5 Å². The van der Waals surface area contributed by atoms with Crippen LogP contribution in [0.1, 0.15) is 23.1 Å². The molecule has 2 heterocycles. The summed E-state index contributed by atoms with van der Waals surface area (Å²) >= 11 is 0.846. The molecule has 2 aliphatic heterocycles. The first-order valence-corrected chi connectivity index (χ1v) is 9.28. The third-order valence-corrected chi connectivity index (χ3v) is 5.38. The van der Waals surface area contributed by atoms with Crippen molar-refractivity contribution in [3.63, 3.8) is 0 Å². The van der Waals surface area contributed by atoms with Crippen LogP contribution in [0.5, 0.6) is 5.75 Å². The van der Waals surface area contributed by atoms with Crippen molar-refractivity contribution in [1.82, 2.24) is 5.32 Å². The zero-order valence-electron chi connectivity index (χ0n) is 14.3. The summed E-state index contributed by atoms with van der Waals surface area (Å²) in [6.07, 6.45) is 2.42. The number of phenols is 1. The zero-order valence-corrected chi connectivity index (χ0v) is 15.1. The summed E-state index contributed by atoms with van der Waals surface area (Å²) in [5.41, 5.74) is 2.95. The van der Waals surface area contributed by atoms with Crippen molar-refractivity contribution in [3.05, 3.63) is 64.1 Å². The minimum atomic E-state index is -0.431. The largest absolute Gasteiger partial charge is 0.506 e. The summed E-state index contributed by atoms with van der Waals surface area (Å²) in [6.45, 7) is 0.355. The molecule has 0 unspecified atom stereocenters. The van der Waals surface area contributed by atoms with Gasteiger partial charge in [-0.1, -0.05) is 36.4 Å². The van der Waals surface area contributed by atoms with Gasteiger partial charge >= 0.3 is 0 Å². The van der Waals surface area contributed by atoms with Crippen molar-refractivity contribution >= 4 is 40.6 Å². The molecule has 0 saturated carbocycles. The van der Waals surface area contributed by atoms with Gasteiger partial charge in [0.05, 0.1) is 17.1 Å². The number of rotatable bonds is 3. The maximum atomic E-state index is 12.6. The quantitative estimate of drug-likeness (QED) is 0.799. The Morgan fingerprint density at radius 3 is 2.56 bits per heavy atom. The number of carbonyl (C=O) groups is 3. The molecule has 4 rings (SSSR count). The normalized spacial score (nSPS) is 18.0. The van der Waals surface area contributed by atoms with Crippen LogP contribution in [-0.2, 0) is 22.6 Å². The van der Waals surface area contributed by atoms with E-state index in [1.165, 1.54) is 6.07 Å². The average Bonchev–Trinajstić information content (AvgIpc) is 2.97. The first-order chi connectivity index (χ1) is 13.0. The zero-order chi connectivity index (χ0) is 19.0. The van der Waals surface area contributed by atoms with Crippen molar-refractivity contribution in [1.29, 1.82) is 0 Å². The Labute approximate surface area is 159 Å². The fraction of sp³-hybridized carbons (Fsp3) is 0.150. The number of nitrogens with one attached hydrogen (secondary N) is 1. The number of carbonyl (C=O) groups excluding carboxylic acids is 3. The van der Waals surface area contributed by atoms with E-state index in [4.69, 9.17) is 0 Å². The smallest absolute Gasteiger partial charge is 0.290 e. The first-order valence-electron chi connectivity index (χ1n) is 8.47. The van der Waals surface area contributed by atoms with Gasteiger partial charge in [0.25, 0.3) is 11.1 Å². The second-order valence-electron chi connectivity index (χ2n) is 6.32. The number of thioether (sulfide) groups is 1. The van der Waals surface area contributed by atoms with E-state index in [9.17, 15) is 19.5 Å². The predicted octanol–water partition coefficient (Wildman–Crippen LogP) is 3.20. The lowest BCUT2D eigenvalue weighted by Crippen LogP contribution is -2.35. The average molecular weight is 380 g/mol. The molecular formula is C20H16N2O4S.